The number of carbonyl (C=O) groups is 1. The lowest BCUT2D eigenvalue weighted by Crippen LogP contribution is -2.24. The summed E-state index contributed by atoms with van der Waals surface area (Å²) >= 11 is 0. The van der Waals surface area contributed by atoms with Gasteiger partial charge in [0.15, 0.2) is 0 Å². The first-order chi connectivity index (χ1) is 17.2. The molecule has 0 radical (unpaired) electrons. The van der Waals surface area contributed by atoms with Crippen LogP contribution < -0.4 is 14.8 Å². The Labute approximate surface area is 211 Å². The Morgan fingerprint density at radius 2 is 1.94 bits per heavy atom. The van der Waals surface area contributed by atoms with Crippen molar-refractivity contribution in [2.75, 3.05) is 5.32 Å². The maximum atomic E-state index is 12.6. The fourth-order valence-electron chi connectivity index (χ4n) is 4.14. The van der Waals surface area contributed by atoms with Crippen molar-refractivity contribution in [2.45, 2.75) is 65.0 Å². The first kappa shape index (κ1) is 23.9. The first-order valence-corrected chi connectivity index (χ1v) is 12.4. The third-order valence-corrected chi connectivity index (χ3v) is 6.41. The van der Waals surface area contributed by atoms with E-state index in [9.17, 15) is 4.79 Å². The fraction of sp³-hybridized carbons (Fsp3) is 0.345. The van der Waals surface area contributed by atoms with E-state index in [1.807, 2.05) is 60.3 Å². The average Bonchev–Trinajstić information content (AvgIpc) is 3.27. The number of hydrogen-bond acceptors (Lipinski definition) is 5. The summed E-state index contributed by atoms with van der Waals surface area (Å²) in [5.41, 5.74) is 3.27. The Morgan fingerprint density at radius 3 is 2.64 bits per heavy atom. The van der Waals surface area contributed by atoms with Crippen molar-refractivity contribution in [1.29, 1.82) is 0 Å². The molecule has 1 fully saturated rings. The second-order valence-electron chi connectivity index (χ2n) is 10.4. The van der Waals surface area contributed by atoms with E-state index in [-0.39, 0.29) is 17.9 Å². The van der Waals surface area contributed by atoms with Crippen molar-refractivity contribution in [1.82, 2.24) is 14.8 Å². The summed E-state index contributed by atoms with van der Waals surface area (Å²) < 4.78 is 14.2. The molecule has 1 amide bonds. The van der Waals surface area contributed by atoms with E-state index in [1.165, 1.54) is 6.42 Å². The van der Waals surface area contributed by atoms with Crippen molar-refractivity contribution < 1.29 is 14.3 Å². The SMILES string of the molecule is Cc1cc(CC(=O)Nc2cnn(C(C)(C)C)c2)ccc1Oc1ccnc2ccc(OC3CCC3)cc12. The topological polar surface area (TPSA) is 78.3 Å². The van der Waals surface area contributed by atoms with Crippen LogP contribution in [0.1, 0.15) is 51.2 Å². The van der Waals surface area contributed by atoms with Gasteiger partial charge in [0.05, 0.1) is 35.5 Å². The molecule has 2 aromatic heterocycles. The van der Waals surface area contributed by atoms with Crippen LogP contribution in [0.15, 0.2) is 61.1 Å². The zero-order valence-corrected chi connectivity index (χ0v) is 21.2. The van der Waals surface area contributed by atoms with Gasteiger partial charge in [-0.25, -0.2) is 0 Å². The van der Waals surface area contributed by atoms with Gasteiger partial charge in [-0.05, 0) is 88.4 Å². The number of ether oxygens (including phenoxy) is 2. The predicted molar refractivity (Wildman–Crippen MR) is 141 cm³/mol. The number of carbonyl (C=O) groups excluding carboxylic acids is 1. The van der Waals surface area contributed by atoms with Gasteiger partial charge in [-0.1, -0.05) is 12.1 Å². The minimum atomic E-state index is -0.138. The van der Waals surface area contributed by atoms with Gasteiger partial charge in [0.2, 0.25) is 5.91 Å². The molecule has 2 heterocycles. The number of anilines is 1. The number of benzene rings is 2. The average molecular weight is 485 g/mol. The van der Waals surface area contributed by atoms with E-state index in [0.717, 1.165) is 52.1 Å². The molecular formula is C29H32N4O3. The van der Waals surface area contributed by atoms with E-state index in [1.54, 1.807) is 12.4 Å². The molecular weight excluding hydrogens is 452 g/mol. The summed E-state index contributed by atoms with van der Waals surface area (Å²) in [6.45, 7) is 8.18. The van der Waals surface area contributed by atoms with E-state index < -0.39 is 0 Å². The number of hydrogen-bond donors (Lipinski definition) is 1. The van der Waals surface area contributed by atoms with Gasteiger partial charge in [0, 0.05) is 17.8 Å². The van der Waals surface area contributed by atoms with Crippen LogP contribution in [0.4, 0.5) is 5.69 Å². The number of fused-ring (bicyclic) bond motifs is 1. The van der Waals surface area contributed by atoms with Crippen molar-refractivity contribution in [3.8, 4) is 17.2 Å². The molecule has 0 atom stereocenters. The number of nitrogens with one attached hydrogen (secondary N) is 1. The van der Waals surface area contributed by atoms with Crippen LogP contribution in [0.2, 0.25) is 0 Å². The zero-order valence-electron chi connectivity index (χ0n) is 21.2. The molecule has 0 aliphatic heterocycles. The van der Waals surface area contributed by atoms with Gasteiger partial charge in [0.25, 0.3) is 0 Å². The van der Waals surface area contributed by atoms with Gasteiger partial charge in [0.1, 0.15) is 17.2 Å². The monoisotopic (exact) mass is 484 g/mol. The number of aromatic nitrogens is 3. The molecule has 0 bridgehead atoms. The van der Waals surface area contributed by atoms with Crippen LogP contribution in [0, 0.1) is 6.92 Å². The van der Waals surface area contributed by atoms with Crippen molar-refractivity contribution in [2.24, 2.45) is 0 Å². The number of amides is 1. The molecule has 7 nitrogen and oxygen atoms in total. The largest absolute Gasteiger partial charge is 0.490 e. The standard InChI is InChI=1S/C29H32N4O3/c1-19-14-20(15-28(34)32-21-17-31-33(18-21)29(2,3)4)8-11-26(19)36-27-12-13-30-25-10-9-23(16-24(25)27)35-22-6-5-7-22/h8-14,16-18,22H,5-7,15H2,1-4H3,(H,32,34). The predicted octanol–water partition coefficient (Wildman–Crippen LogP) is 6.40. The van der Waals surface area contributed by atoms with Crippen molar-refractivity contribution >= 4 is 22.5 Å². The summed E-state index contributed by atoms with van der Waals surface area (Å²) in [7, 11) is 0. The minimum absolute atomic E-state index is 0.0874. The van der Waals surface area contributed by atoms with Gasteiger partial charge in [-0.3, -0.25) is 14.5 Å². The molecule has 0 spiro atoms. The highest BCUT2D eigenvalue weighted by atomic mass is 16.5. The number of rotatable bonds is 7. The molecule has 5 rings (SSSR count). The Bertz CT molecular complexity index is 1400. The molecule has 1 aliphatic rings. The second-order valence-corrected chi connectivity index (χ2v) is 10.4. The van der Waals surface area contributed by atoms with Crippen LogP contribution in [0.3, 0.4) is 0 Å². The summed E-state index contributed by atoms with van der Waals surface area (Å²) in [6, 6.07) is 13.6. The second kappa shape index (κ2) is 9.64. The Morgan fingerprint density at radius 1 is 1.11 bits per heavy atom. The van der Waals surface area contributed by atoms with Gasteiger partial charge < -0.3 is 14.8 Å². The number of pyridine rings is 1. The van der Waals surface area contributed by atoms with Gasteiger partial charge in [-0.15, -0.1) is 0 Å². The smallest absolute Gasteiger partial charge is 0.228 e. The lowest BCUT2D eigenvalue weighted by atomic mass is 9.96. The van der Waals surface area contributed by atoms with Gasteiger partial charge >= 0.3 is 0 Å². The highest BCUT2D eigenvalue weighted by Crippen LogP contribution is 2.34. The molecule has 36 heavy (non-hydrogen) atoms. The van der Waals surface area contributed by atoms with Crippen molar-refractivity contribution in [3.05, 3.63) is 72.2 Å². The molecule has 1 N–H and O–H groups in total. The number of aryl methyl sites for hydroxylation is 1. The maximum Gasteiger partial charge on any atom is 0.228 e. The van der Waals surface area contributed by atoms with Crippen LogP contribution in [-0.2, 0) is 16.8 Å². The van der Waals surface area contributed by atoms with Crippen LogP contribution >= 0.6 is 0 Å². The lowest BCUT2D eigenvalue weighted by molar-refractivity contribution is -0.115. The summed E-state index contributed by atoms with van der Waals surface area (Å²) in [6.07, 6.45) is 9.30. The zero-order chi connectivity index (χ0) is 25.3. The number of nitrogens with zero attached hydrogens (tertiary/aromatic N) is 3. The molecule has 1 aliphatic carbocycles. The lowest BCUT2D eigenvalue weighted by Gasteiger charge is -2.26. The third kappa shape index (κ3) is 5.35. The normalized spacial score (nSPS) is 13.9. The Hall–Kier alpha value is -3.87. The molecule has 4 aromatic rings. The van der Waals surface area contributed by atoms with Crippen LogP contribution in [-0.4, -0.2) is 26.8 Å². The quantitative estimate of drug-likeness (QED) is 0.328. The van der Waals surface area contributed by atoms with E-state index in [2.05, 4.69) is 36.2 Å². The molecule has 0 saturated heterocycles. The van der Waals surface area contributed by atoms with E-state index in [4.69, 9.17) is 9.47 Å². The Balaban J connectivity index is 1.28. The first-order valence-electron chi connectivity index (χ1n) is 12.4. The molecule has 2 aromatic carbocycles. The maximum absolute atomic E-state index is 12.6. The summed E-state index contributed by atoms with van der Waals surface area (Å²) in [5.74, 6) is 2.22. The third-order valence-electron chi connectivity index (χ3n) is 6.41. The highest BCUT2D eigenvalue weighted by Gasteiger charge is 2.20. The molecule has 7 heteroatoms. The molecule has 186 valence electrons. The van der Waals surface area contributed by atoms with E-state index >= 15 is 0 Å². The minimum Gasteiger partial charge on any atom is -0.490 e. The van der Waals surface area contributed by atoms with Crippen LogP contribution in [0.25, 0.3) is 10.9 Å². The highest BCUT2D eigenvalue weighted by molar-refractivity contribution is 5.92. The van der Waals surface area contributed by atoms with Crippen molar-refractivity contribution in [3.63, 3.8) is 0 Å². The molecule has 0 unspecified atom stereocenters. The van der Waals surface area contributed by atoms with E-state index in [0.29, 0.717) is 11.8 Å². The Kier molecular flexibility index (Phi) is 6.39. The molecule has 1 saturated carbocycles. The summed E-state index contributed by atoms with van der Waals surface area (Å²) in [5, 5.41) is 8.18. The fourth-order valence-corrected chi connectivity index (χ4v) is 4.14. The van der Waals surface area contributed by atoms with Crippen LogP contribution in [0.5, 0.6) is 17.2 Å². The van der Waals surface area contributed by atoms with Gasteiger partial charge in [-0.2, -0.15) is 5.10 Å². The summed E-state index contributed by atoms with van der Waals surface area (Å²) in [4.78, 5) is 17.1.